The number of anilines is 1. The second-order valence-corrected chi connectivity index (χ2v) is 3.92. The van der Waals surface area contributed by atoms with Gasteiger partial charge < -0.3 is 14.9 Å². The highest BCUT2D eigenvalue weighted by atomic mass is 16.5. The molecule has 8 nitrogen and oxygen atoms in total. The van der Waals surface area contributed by atoms with Crippen LogP contribution in [0.25, 0.3) is 0 Å². The Morgan fingerprint density at radius 3 is 2.85 bits per heavy atom. The SMILES string of the molecule is CCOCc1nc(NN)cc(Oc2cnn(CC)c2)n1. The van der Waals surface area contributed by atoms with Gasteiger partial charge in [0, 0.05) is 19.2 Å². The lowest BCUT2D eigenvalue weighted by Gasteiger charge is -2.07. The monoisotopic (exact) mass is 278 g/mol. The molecule has 0 aliphatic carbocycles. The summed E-state index contributed by atoms with van der Waals surface area (Å²) in [5.41, 5.74) is 2.48. The van der Waals surface area contributed by atoms with E-state index in [9.17, 15) is 0 Å². The summed E-state index contributed by atoms with van der Waals surface area (Å²) in [7, 11) is 0. The van der Waals surface area contributed by atoms with Crippen LogP contribution in [-0.4, -0.2) is 26.4 Å². The van der Waals surface area contributed by atoms with Gasteiger partial charge in [0.1, 0.15) is 12.4 Å². The van der Waals surface area contributed by atoms with Crippen molar-refractivity contribution in [3.05, 3.63) is 24.3 Å². The number of rotatable bonds is 7. The molecular weight excluding hydrogens is 260 g/mol. The molecule has 0 bridgehead atoms. The third-order valence-electron chi connectivity index (χ3n) is 2.49. The molecule has 0 aliphatic heterocycles. The Kier molecular flexibility index (Phi) is 4.85. The molecule has 2 heterocycles. The lowest BCUT2D eigenvalue weighted by Crippen LogP contribution is -2.11. The summed E-state index contributed by atoms with van der Waals surface area (Å²) < 4.78 is 12.7. The van der Waals surface area contributed by atoms with Crippen LogP contribution in [0, 0.1) is 0 Å². The Morgan fingerprint density at radius 2 is 2.20 bits per heavy atom. The van der Waals surface area contributed by atoms with Crippen LogP contribution in [0.2, 0.25) is 0 Å². The quantitative estimate of drug-likeness (QED) is 0.581. The maximum absolute atomic E-state index is 5.64. The highest BCUT2D eigenvalue weighted by Crippen LogP contribution is 2.21. The summed E-state index contributed by atoms with van der Waals surface area (Å²) in [6.07, 6.45) is 3.42. The lowest BCUT2D eigenvalue weighted by atomic mass is 10.5. The van der Waals surface area contributed by atoms with Crippen LogP contribution in [0.1, 0.15) is 19.7 Å². The van der Waals surface area contributed by atoms with Crippen molar-refractivity contribution in [2.24, 2.45) is 5.84 Å². The van der Waals surface area contributed by atoms with Crippen LogP contribution in [0.5, 0.6) is 11.6 Å². The van der Waals surface area contributed by atoms with Crippen LogP contribution >= 0.6 is 0 Å². The Labute approximate surface area is 116 Å². The van der Waals surface area contributed by atoms with E-state index < -0.39 is 0 Å². The highest BCUT2D eigenvalue weighted by molar-refractivity contribution is 5.38. The number of aryl methyl sites for hydroxylation is 1. The molecule has 0 saturated carbocycles. The molecule has 0 aromatic carbocycles. The molecule has 0 amide bonds. The van der Waals surface area contributed by atoms with Crippen molar-refractivity contribution in [1.82, 2.24) is 19.7 Å². The second-order valence-electron chi connectivity index (χ2n) is 3.92. The molecule has 2 aromatic rings. The van der Waals surface area contributed by atoms with Crippen LogP contribution in [0.3, 0.4) is 0 Å². The van der Waals surface area contributed by atoms with E-state index in [4.69, 9.17) is 15.3 Å². The number of nitrogen functional groups attached to an aromatic ring is 1. The van der Waals surface area contributed by atoms with Gasteiger partial charge in [0.2, 0.25) is 5.88 Å². The summed E-state index contributed by atoms with van der Waals surface area (Å²) in [5.74, 6) is 7.34. The smallest absolute Gasteiger partial charge is 0.224 e. The van der Waals surface area contributed by atoms with E-state index >= 15 is 0 Å². The fourth-order valence-electron chi connectivity index (χ4n) is 1.55. The van der Waals surface area contributed by atoms with Crippen molar-refractivity contribution in [3.8, 4) is 11.6 Å². The maximum Gasteiger partial charge on any atom is 0.224 e. The van der Waals surface area contributed by atoms with E-state index in [0.717, 1.165) is 6.54 Å². The normalized spacial score (nSPS) is 10.6. The summed E-state index contributed by atoms with van der Waals surface area (Å²) in [6, 6.07) is 1.61. The minimum atomic E-state index is 0.302. The van der Waals surface area contributed by atoms with Crippen LogP contribution < -0.4 is 16.0 Å². The first-order valence-corrected chi connectivity index (χ1v) is 6.37. The third kappa shape index (κ3) is 3.65. The fourth-order valence-corrected chi connectivity index (χ4v) is 1.55. The van der Waals surface area contributed by atoms with Gasteiger partial charge in [-0.2, -0.15) is 10.1 Å². The minimum Gasteiger partial charge on any atom is -0.436 e. The Morgan fingerprint density at radius 1 is 1.35 bits per heavy atom. The molecule has 0 saturated heterocycles. The van der Waals surface area contributed by atoms with Crippen molar-refractivity contribution in [2.45, 2.75) is 27.0 Å². The van der Waals surface area contributed by atoms with Crippen molar-refractivity contribution in [3.63, 3.8) is 0 Å². The van der Waals surface area contributed by atoms with Gasteiger partial charge in [-0.3, -0.25) is 4.68 Å². The molecule has 108 valence electrons. The van der Waals surface area contributed by atoms with Gasteiger partial charge in [-0.15, -0.1) is 0 Å². The van der Waals surface area contributed by atoms with Crippen molar-refractivity contribution < 1.29 is 9.47 Å². The maximum atomic E-state index is 5.64. The van der Waals surface area contributed by atoms with E-state index in [1.807, 2.05) is 13.8 Å². The first-order chi connectivity index (χ1) is 9.75. The van der Waals surface area contributed by atoms with Crippen molar-refractivity contribution in [1.29, 1.82) is 0 Å². The predicted molar refractivity (Wildman–Crippen MR) is 73.1 cm³/mol. The molecule has 0 unspecified atom stereocenters. The number of nitrogens with zero attached hydrogens (tertiary/aromatic N) is 4. The van der Waals surface area contributed by atoms with Crippen molar-refractivity contribution >= 4 is 5.82 Å². The zero-order valence-corrected chi connectivity index (χ0v) is 11.5. The molecule has 8 heteroatoms. The van der Waals surface area contributed by atoms with E-state index in [0.29, 0.717) is 36.5 Å². The summed E-state index contributed by atoms with van der Waals surface area (Å²) in [6.45, 7) is 5.57. The Hall–Kier alpha value is -2.19. The first kappa shape index (κ1) is 14.2. The average molecular weight is 278 g/mol. The summed E-state index contributed by atoms with van der Waals surface area (Å²) in [5, 5.41) is 4.13. The predicted octanol–water partition coefficient (Wildman–Crippen LogP) is 1.31. The van der Waals surface area contributed by atoms with Crippen LogP contribution in [0.15, 0.2) is 18.5 Å². The van der Waals surface area contributed by atoms with Gasteiger partial charge in [-0.1, -0.05) is 0 Å². The number of hydrogen-bond donors (Lipinski definition) is 2. The van der Waals surface area contributed by atoms with Crippen LogP contribution in [0.4, 0.5) is 5.82 Å². The van der Waals surface area contributed by atoms with Crippen LogP contribution in [-0.2, 0) is 17.9 Å². The third-order valence-corrected chi connectivity index (χ3v) is 2.49. The molecule has 0 fully saturated rings. The van der Waals surface area contributed by atoms with Gasteiger partial charge in [-0.25, -0.2) is 10.8 Å². The van der Waals surface area contributed by atoms with Gasteiger partial charge in [-0.05, 0) is 13.8 Å². The molecule has 0 radical (unpaired) electrons. The topological polar surface area (TPSA) is 100 Å². The number of hydrogen-bond acceptors (Lipinski definition) is 7. The van der Waals surface area contributed by atoms with Gasteiger partial charge >= 0.3 is 0 Å². The zero-order valence-electron chi connectivity index (χ0n) is 11.5. The minimum absolute atomic E-state index is 0.302. The molecule has 2 aromatic heterocycles. The molecule has 20 heavy (non-hydrogen) atoms. The molecule has 0 atom stereocenters. The van der Waals surface area contributed by atoms with Gasteiger partial charge in [0.15, 0.2) is 11.6 Å². The van der Waals surface area contributed by atoms with Gasteiger partial charge in [0.05, 0.1) is 12.4 Å². The van der Waals surface area contributed by atoms with E-state index in [2.05, 4.69) is 20.5 Å². The second kappa shape index (κ2) is 6.83. The highest BCUT2D eigenvalue weighted by Gasteiger charge is 2.07. The van der Waals surface area contributed by atoms with E-state index in [1.54, 1.807) is 23.1 Å². The summed E-state index contributed by atoms with van der Waals surface area (Å²) >= 11 is 0. The lowest BCUT2D eigenvalue weighted by molar-refractivity contribution is 0.128. The number of nitrogens with two attached hydrogens (primary N) is 1. The van der Waals surface area contributed by atoms with E-state index in [-0.39, 0.29) is 0 Å². The molecule has 0 spiro atoms. The van der Waals surface area contributed by atoms with Crippen molar-refractivity contribution in [2.75, 3.05) is 12.0 Å². The number of hydrazine groups is 1. The standard InChI is InChI=1S/C12H18N6O2/c1-3-18-7-9(6-14-18)20-12-5-10(17-13)15-11(16-12)8-19-4-2/h5-7H,3-4,8,13H2,1-2H3,(H,15,16,17). The largest absolute Gasteiger partial charge is 0.436 e. The molecular formula is C12H18N6O2. The Balaban J connectivity index is 2.16. The average Bonchev–Trinajstić information content (AvgIpc) is 2.92. The first-order valence-electron chi connectivity index (χ1n) is 6.37. The van der Waals surface area contributed by atoms with E-state index in [1.165, 1.54) is 0 Å². The number of ether oxygens (including phenoxy) is 2. The molecule has 3 N–H and O–H groups in total. The number of aromatic nitrogens is 4. The fraction of sp³-hybridized carbons (Fsp3) is 0.417. The summed E-state index contributed by atoms with van der Waals surface area (Å²) in [4.78, 5) is 8.44. The Bertz CT molecular complexity index is 557. The number of nitrogens with one attached hydrogen (secondary N) is 1. The van der Waals surface area contributed by atoms with Gasteiger partial charge in [0.25, 0.3) is 0 Å². The molecule has 0 aliphatic rings. The molecule has 2 rings (SSSR count). The zero-order chi connectivity index (χ0) is 14.4.